The van der Waals surface area contributed by atoms with Crippen LogP contribution in [0.3, 0.4) is 0 Å². The fraction of sp³-hybridized carbons (Fsp3) is 0.429. The summed E-state index contributed by atoms with van der Waals surface area (Å²) in [6, 6.07) is 3.79. The van der Waals surface area contributed by atoms with E-state index in [-0.39, 0.29) is 0 Å². The van der Waals surface area contributed by atoms with Gasteiger partial charge in [-0.05, 0) is 47.8 Å². The summed E-state index contributed by atoms with van der Waals surface area (Å²) in [5.74, 6) is 2.57. The van der Waals surface area contributed by atoms with Crippen molar-refractivity contribution < 1.29 is 4.42 Å². The lowest BCUT2D eigenvalue weighted by molar-refractivity contribution is 0.543. The highest BCUT2D eigenvalue weighted by Crippen LogP contribution is 2.39. The predicted molar refractivity (Wildman–Crippen MR) is 78.4 cm³/mol. The molecule has 1 aliphatic rings. The second-order valence-electron chi connectivity index (χ2n) is 4.93. The molecule has 5 heteroatoms. The third kappa shape index (κ3) is 2.56. The Hall–Kier alpha value is -0.870. The van der Waals surface area contributed by atoms with E-state index in [1.165, 1.54) is 25.7 Å². The highest BCUT2D eigenvalue weighted by molar-refractivity contribution is 9.10. The maximum Gasteiger partial charge on any atom is 0.197 e. The maximum absolute atomic E-state index is 6.21. The third-order valence-electron chi connectivity index (χ3n) is 3.54. The minimum atomic E-state index is 0.459. The summed E-state index contributed by atoms with van der Waals surface area (Å²) in [4.78, 5) is 8.96. The van der Waals surface area contributed by atoms with E-state index in [2.05, 4.69) is 25.9 Å². The van der Waals surface area contributed by atoms with Crippen molar-refractivity contribution in [1.29, 1.82) is 0 Å². The van der Waals surface area contributed by atoms with Crippen LogP contribution in [-0.2, 0) is 0 Å². The van der Waals surface area contributed by atoms with Crippen molar-refractivity contribution in [2.24, 2.45) is 0 Å². The van der Waals surface area contributed by atoms with Gasteiger partial charge in [-0.25, -0.2) is 9.97 Å². The Morgan fingerprint density at radius 1 is 1.26 bits per heavy atom. The molecule has 19 heavy (non-hydrogen) atoms. The van der Waals surface area contributed by atoms with Crippen molar-refractivity contribution in [1.82, 2.24) is 9.97 Å². The van der Waals surface area contributed by atoms with Crippen LogP contribution in [0.25, 0.3) is 11.6 Å². The lowest BCUT2D eigenvalue weighted by Crippen LogP contribution is -2.02. The van der Waals surface area contributed by atoms with Gasteiger partial charge in [0.25, 0.3) is 0 Å². The van der Waals surface area contributed by atoms with Crippen LogP contribution >= 0.6 is 27.5 Å². The SMILES string of the molecule is Cc1ccc(-c2nc(Cl)c(Br)c(C3CCCC3)n2)o1. The molecule has 1 fully saturated rings. The molecule has 3 nitrogen and oxygen atoms in total. The van der Waals surface area contributed by atoms with Crippen LogP contribution in [0.5, 0.6) is 0 Å². The largest absolute Gasteiger partial charge is 0.458 e. The van der Waals surface area contributed by atoms with Crippen molar-refractivity contribution in [2.75, 3.05) is 0 Å². The fourth-order valence-corrected chi connectivity index (χ4v) is 3.25. The van der Waals surface area contributed by atoms with Gasteiger partial charge in [0.1, 0.15) is 10.9 Å². The molecule has 0 radical (unpaired) electrons. The Morgan fingerprint density at radius 2 is 2.00 bits per heavy atom. The quantitative estimate of drug-likeness (QED) is 0.712. The number of furan rings is 1. The smallest absolute Gasteiger partial charge is 0.197 e. The Labute approximate surface area is 125 Å². The van der Waals surface area contributed by atoms with E-state index in [9.17, 15) is 0 Å². The van der Waals surface area contributed by atoms with Crippen molar-refractivity contribution in [3.8, 4) is 11.6 Å². The van der Waals surface area contributed by atoms with Gasteiger partial charge in [-0.2, -0.15) is 0 Å². The standard InChI is InChI=1S/C14H14BrClN2O/c1-8-6-7-10(19-8)14-17-12(9-4-2-3-5-9)11(15)13(16)18-14/h6-7,9H,2-5H2,1H3. The van der Waals surface area contributed by atoms with Crippen LogP contribution < -0.4 is 0 Å². The van der Waals surface area contributed by atoms with Gasteiger partial charge in [0.2, 0.25) is 0 Å². The van der Waals surface area contributed by atoms with Crippen LogP contribution in [0.4, 0.5) is 0 Å². The van der Waals surface area contributed by atoms with Gasteiger partial charge in [-0.1, -0.05) is 24.4 Å². The molecule has 0 unspecified atom stereocenters. The lowest BCUT2D eigenvalue weighted by Gasteiger charge is -2.12. The first-order chi connectivity index (χ1) is 9.15. The summed E-state index contributed by atoms with van der Waals surface area (Å²) in [7, 11) is 0. The van der Waals surface area contributed by atoms with Gasteiger partial charge in [0.15, 0.2) is 11.6 Å². The molecule has 0 spiro atoms. The van der Waals surface area contributed by atoms with Gasteiger partial charge >= 0.3 is 0 Å². The van der Waals surface area contributed by atoms with Crippen LogP contribution in [0.2, 0.25) is 5.15 Å². The highest BCUT2D eigenvalue weighted by Gasteiger charge is 2.24. The molecule has 3 rings (SSSR count). The topological polar surface area (TPSA) is 38.9 Å². The molecule has 2 heterocycles. The zero-order valence-electron chi connectivity index (χ0n) is 10.6. The Bertz CT molecular complexity index is 605. The minimum absolute atomic E-state index is 0.459. The number of halogens is 2. The van der Waals surface area contributed by atoms with Gasteiger partial charge in [-0.3, -0.25) is 0 Å². The molecule has 2 aromatic rings. The predicted octanol–water partition coefficient (Wildman–Crippen LogP) is 5.12. The zero-order valence-corrected chi connectivity index (χ0v) is 13.0. The van der Waals surface area contributed by atoms with Crippen molar-refractivity contribution in [3.63, 3.8) is 0 Å². The van der Waals surface area contributed by atoms with Gasteiger partial charge < -0.3 is 4.42 Å². The normalized spacial score (nSPS) is 16.2. The van der Waals surface area contributed by atoms with E-state index in [4.69, 9.17) is 16.0 Å². The number of hydrogen-bond donors (Lipinski definition) is 0. The molecular weight excluding hydrogens is 328 g/mol. The van der Waals surface area contributed by atoms with Crippen LogP contribution in [-0.4, -0.2) is 9.97 Å². The lowest BCUT2D eigenvalue weighted by atomic mass is 10.0. The van der Waals surface area contributed by atoms with Gasteiger partial charge in [0.05, 0.1) is 10.2 Å². The first-order valence-electron chi connectivity index (χ1n) is 6.45. The summed E-state index contributed by atoms with van der Waals surface area (Å²) < 4.78 is 6.41. The number of rotatable bonds is 2. The minimum Gasteiger partial charge on any atom is -0.458 e. The number of aryl methyl sites for hydroxylation is 1. The Kier molecular flexibility index (Phi) is 3.63. The Balaban J connectivity index is 2.06. The molecule has 0 aliphatic heterocycles. The molecule has 0 N–H and O–H groups in total. The first kappa shape index (κ1) is 13.1. The van der Waals surface area contributed by atoms with E-state index in [1.807, 2.05) is 19.1 Å². The molecule has 0 amide bonds. The molecule has 0 bridgehead atoms. The monoisotopic (exact) mass is 340 g/mol. The zero-order chi connectivity index (χ0) is 13.4. The van der Waals surface area contributed by atoms with Crippen LogP contribution in [0, 0.1) is 6.92 Å². The summed E-state index contributed by atoms with van der Waals surface area (Å²) >= 11 is 9.73. The van der Waals surface area contributed by atoms with Crippen molar-refractivity contribution in [3.05, 3.63) is 33.2 Å². The fourth-order valence-electron chi connectivity index (χ4n) is 2.57. The summed E-state index contributed by atoms with van der Waals surface area (Å²) in [6.45, 7) is 1.90. The Morgan fingerprint density at radius 3 is 2.63 bits per heavy atom. The average molecular weight is 342 g/mol. The molecule has 2 aromatic heterocycles. The molecule has 1 aliphatic carbocycles. The number of aromatic nitrogens is 2. The van der Waals surface area contributed by atoms with E-state index in [0.29, 0.717) is 22.7 Å². The van der Waals surface area contributed by atoms with Crippen LogP contribution in [0.15, 0.2) is 21.0 Å². The van der Waals surface area contributed by atoms with E-state index < -0.39 is 0 Å². The van der Waals surface area contributed by atoms with Crippen molar-refractivity contribution in [2.45, 2.75) is 38.5 Å². The van der Waals surface area contributed by atoms with E-state index >= 15 is 0 Å². The van der Waals surface area contributed by atoms with Crippen molar-refractivity contribution >= 4 is 27.5 Å². The molecule has 0 atom stereocenters. The highest BCUT2D eigenvalue weighted by atomic mass is 79.9. The van der Waals surface area contributed by atoms with E-state index in [1.54, 1.807) is 0 Å². The molecular formula is C14H14BrClN2O. The second-order valence-corrected chi connectivity index (χ2v) is 6.08. The summed E-state index contributed by atoms with van der Waals surface area (Å²) in [5.41, 5.74) is 1.02. The van der Waals surface area contributed by atoms with E-state index in [0.717, 1.165) is 15.9 Å². The summed E-state index contributed by atoms with van der Waals surface area (Å²) in [5, 5.41) is 0.459. The molecule has 0 aromatic carbocycles. The second kappa shape index (κ2) is 5.25. The van der Waals surface area contributed by atoms with Gasteiger partial charge in [0, 0.05) is 5.92 Å². The average Bonchev–Trinajstić information content (AvgIpc) is 3.03. The third-order valence-corrected chi connectivity index (χ3v) is 4.82. The van der Waals surface area contributed by atoms with Gasteiger partial charge in [-0.15, -0.1) is 0 Å². The summed E-state index contributed by atoms with van der Waals surface area (Å²) in [6.07, 6.45) is 4.85. The number of nitrogens with zero attached hydrogens (tertiary/aromatic N) is 2. The number of hydrogen-bond acceptors (Lipinski definition) is 3. The molecule has 1 saturated carbocycles. The van der Waals surface area contributed by atoms with Crippen LogP contribution in [0.1, 0.15) is 43.1 Å². The maximum atomic E-state index is 6.21. The molecule has 0 saturated heterocycles. The first-order valence-corrected chi connectivity index (χ1v) is 7.62. The molecule has 100 valence electrons.